The minimum Gasteiger partial charge on any atom is -0.497 e. The quantitative estimate of drug-likeness (QED) is 0.138. The third-order valence-corrected chi connectivity index (χ3v) is 19.2. The van der Waals surface area contributed by atoms with Gasteiger partial charge in [0.1, 0.15) is 35.2 Å². The maximum atomic E-state index is 13.0. The Kier molecular flexibility index (Phi) is 22.3. The van der Waals surface area contributed by atoms with Crippen LogP contribution in [-0.4, -0.2) is 73.3 Å². The number of aromatic nitrogens is 14. The summed E-state index contributed by atoms with van der Waals surface area (Å²) in [7, 11) is 1.55. The minimum atomic E-state index is -4.37. The van der Waals surface area contributed by atoms with Gasteiger partial charge in [-0.1, -0.05) is 176 Å². The average Bonchev–Trinajstić information content (AvgIpc) is 1.72. The van der Waals surface area contributed by atoms with Gasteiger partial charge in [-0.2, -0.15) is 23.4 Å². The zero-order valence-corrected chi connectivity index (χ0v) is 61.0. The van der Waals surface area contributed by atoms with E-state index >= 15 is 0 Å². The number of allylic oxidation sites excluding steroid dienone is 2. The summed E-state index contributed by atoms with van der Waals surface area (Å²) in [5.41, 5.74) is 18.0. The number of imidazole rings is 5. The van der Waals surface area contributed by atoms with Gasteiger partial charge in [0.15, 0.2) is 0 Å². The van der Waals surface area contributed by atoms with Gasteiger partial charge in [-0.15, -0.1) is 11.3 Å². The predicted molar refractivity (Wildman–Crippen MR) is 435 cm³/mol. The first-order chi connectivity index (χ1) is 54.5. The van der Waals surface area contributed by atoms with Crippen molar-refractivity contribution in [1.29, 1.82) is 0 Å². The first-order valence-corrected chi connectivity index (χ1v) is 36.8. The summed E-state index contributed by atoms with van der Waals surface area (Å²) in [5, 5.41) is 11.2. The molecule has 0 radical (unpaired) electrons. The Labute approximate surface area is 640 Å². The number of nitrogens with zero attached hydrogens (tertiary/aromatic N) is 14. The fourth-order valence-corrected chi connectivity index (χ4v) is 13.5. The van der Waals surface area contributed by atoms with E-state index in [0.717, 1.165) is 102 Å². The molecule has 0 spiro atoms. The van der Waals surface area contributed by atoms with Crippen LogP contribution in [0, 0.1) is 5.82 Å². The highest BCUT2D eigenvalue weighted by Gasteiger charge is 2.31. The van der Waals surface area contributed by atoms with E-state index in [1.165, 1.54) is 60.0 Å². The highest BCUT2D eigenvalue weighted by Crippen LogP contribution is 2.34. The van der Waals surface area contributed by atoms with Crippen LogP contribution in [0.25, 0.3) is 111 Å². The molecule has 0 atom stereocenters. The number of alkyl halides is 3. The van der Waals surface area contributed by atoms with Crippen LogP contribution < -0.4 is 4.74 Å². The number of thiophene rings is 1. The second-order valence-corrected chi connectivity index (χ2v) is 26.6. The second-order valence-electron chi connectivity index (χ2n) is 25.6. The first kappa shape index (κ1) is 72.5. The van der Waals surface area contributed by atoms with Gasteiger partial charge in [0, 0.05) is 83.5 Å². The fraction of sp³-hybridized carbons (Fsp3) is 0.0659. The molecule has 0 bridgehead atoms. The Morgan fingerprint density at radius 2 is 0.973 bits per heavy atom. The summed E-state index contributed by atoms with van der Waals surface area (Å²) >= 11 is 1.72. The van der Waals surface area contributed by atoms with Crippen molar-refractivity contribution >= 4 is 55.7 Å². The minimum absolute atomic E-state index is 0.260. The molecule has 0 fully saturated rings. The van der Waals surface area contributed by atoms with Crippen molar-refractivity contribution in [2.75, 3.05) is 7.11 Å². The van der Waals surface area contributed by atoms with Crippen LogP contribution in [0.3, 0.4) is 0 Å². The maximum absolute atomic E-state index is 13.0. The zero-order chi connectivity index (χ0) is 75.7. The molecule has 546 valence electrons. The molecule has 0 N–H and O–H groups in total. The predicted octanol–water partition coefficient (Wildman–Crippen LogP) is 22.5. The highest BCUT2D eigenvalue weighted by atomic mass is 32.1. The van der Waals surface area contributed by atoms with E-state index in [-0.39, 0.29) is 5.82 Å². The average molecular weight is 1490 g/mol. The molecule has 0 unspecified atom stereocenters. The van der Waals surface area contributed by atoms with Crippen molar-refractivity contribution in [3.8, 4) is 72.9 Å². The molecule has 0 amide bonds. The van der Waals surface area contributed by atoms with Gasteiger partial charge >= 0.3 is 6.18 Å². The summed E-state index contributed by atoms with van der Waals surface area (Å²) in [6, 6.07) is 91.2. The monoisotopic (exact) mass is 1480 g/mol. The number of ether oxygens (including phenoxy) is 1. The molecular weight excluding hydrogens is 1410 g/mol. The lowest BCUT2D eigenvalue weighted by atomic mass is 9.97. The van der Waals surface area contributed by atoms with Crippen molar-refractivity contribution in [3.05, 3.63) is 388 Å². The summed E-state index contributed by atoms with van der Waals surface area (Å²) in [4.78, 5) is 23.1. The SMILES string of the molecule is C1=C(c2cc3ccccn3n2)CCCC1.COc1ccn2c(-c3cccc(C(F)(F)F)c3)ncc2c1.Fc1ccc2c(-c3ccccc3)ncn2c1.c1ccc(-c2cc3ccccn3n2)cc1.c1ccc(-c2ncc3ccccn23)cc1.c1ccc(-c2ncn3ccccc23)cc1.c1csc(-c2cn3ccccc3n2)c1. The summed E-state index contributed by atoms with van der Waals surface area (Å²) in [5.74, 6) is 1.85. The number of methoxy groups -OCH3 is 1. The molecule has 1 aliphatic rings. The molecule has 0 saturated carbocycles. The molecule has 5 aromatic carbocycles. The molecular formula is C91H72F4N14OS. The Hall–Kier alpha value is -14.1. The normalized spacial score (nSPS) is 11.7. The Bertz CT molecular complexity index is 6200. The van der Waals surface area contributed by atoms with Gasteiger partial charge in [0.25, 0.3) is 0 Å². The van der Waals surface area contributed by atoms with E-state index in [0.29, 0.717) is 17.1 Å². The number of benzene rings is 5. The number of halogens is 4. The molecule has 15 aromatic heterocycles. The molecule has 15 nitrogen and oxygen atoms in total. The third-order valence-electron chi connectivity index (χ3n) is 18.3. The van der Waals surface area contributed by atoms with Crippen LogP contribution in [0.4, 0.5) is 17.6 Å². The second kappa shape index (κ2) is 34.2. The Balaban J connectivity index is 0.000000103. The lowest BCUT2D eigenvalue weighted by Gasteiger charge is -2.09. The Morgan fingerprint density at radius 1 is 0.414 bits per heavy atom. The van der Waals surface area contributed by atoms with Gasteiger partial charge in [-0.25, -0.2) is 38.3 Å². The Morgan fingerprint density at radius 3 is 1.61 bits per heavy atom. The number of hydrogen-bond acceptors (Lipinski definition) is 9. The van der Waals surface area contributed by atoms with E-state index in [9.17, 15) is 17.6 Å². The highest BCUT2D eigenvalue weighted by molar-refractivity contribution is 7.13. The van der Waals surface area contributed by atoms with E-state index in [1.54, 1.807) is 70.2 Å². The molecule has 0 saturated heterocycles. The van der Waals surface area contributed by atoms with Gasteiger partial charge in [0.2, 0.25) is 0 Å². The van der Waals surface area contributed by atoms with Gasteiger partial charge in [-0.05, 0) is 146 Å². The summed E-state index contributed by atoms with van der Waals surface area (Å²) in [6.45, 7) is 0. The standard InChI is InChI=1S/C15H11F3N2O.C13H9FN2.2C13H10N2.C13H14N2.C13H10N2.C11H8N2S/c1-21-13-5-6-20-12(8-13)9-19-14(20)10-3-2-4-11(7-10)15(16,17)18;14-11-6-7-12-13(15-9-16(12)8-11)10-4-2-1-3-5-10;1-2-6-11(7-3-1)13-12-8-4-5-9-15(12)10-14-13;1-2-6-11(7-3-1)13-14-10-12-8-4-5-9-15(12)13;2*1-2-6-11(7-3-1)13-10-12-8-4-5-9-15(12)14-13;1-2-6-13-8-9(12-11(13)5-1)10-4-3-7-14-10/h2-9H,1H3;1-9H;2*1-10H;4-6,8-10H,1-3,7H2;1-10H;1-8H. The number of pyridine rings is 7. The first-order valence-electron chi connectivity index (χ1n) is 36.0. The third kappa shape index (κ3) is 17.5. The largest absolute Gasteiger partial charge is 0.497 e. The molecule has 20 heteroatoms. The van der Waals surface area contributed by atoms with Crippen LogP contribution in [0.5, 0.6) is 5.75 Å². The number of hydrogen-bond donors (Lipinski definition) is 0. The molecule has 111 heavy (non-hydrogen) atoms. The number of fused-ring (bicyclic) bond motifs is 7. The summed E-state index contributed by atoms with van der Waals surface area (Å²) in [6.07, 6.45) is 25.2. The molecule has 1 aliphatic carbocycles. The van der Waals surface area contributed by atoms with Crippen LogP contribution in [0.2, 0.25) is 0 Å². The van der Waals surface area contributed by atoms with Crippen molar-refractivity contribution in [3.63, 3.8) is 0 Å². The van der Waals surface area contributed by atoms with Crippen LogP contribution in [0.1, 0.15) is 36.9 Å². The van der Waals surface area contributed by atoms with E-state index < -0.39 is 11.7 Å². The van der Waals surface area contributed by atoms with Crippen LogP contribution in [-0.2, 0) is 6.18 Å². The molecule has 21 rings (SSSR count). The van der Waals surface area contributed by atoms with E-state index in [1.807, 2.05) is 213 Å². The molecule has 15 heterocycles. The molecule has 20 aromatic rings. The lowest BCUT2D eigenvalue weighted by Crippen LogP contribution is -2.04. The zero-order valence-electron chi connectivity index (χ0n) is 60.1. The summed E-state index contributed by atoms with van der Waals surface area (Å²) < 4.78 is 69.9. The fourth-order valence-electron chi connectivity index (χ4n) is 12.8. The van der Waals surface area contributed by atoms with Crippen LogP contribution in [0.15, 0.2) is 371 Å². The molecule has 0 aliphatic heterocycles. The van der Waals surface area contributed by atoms with Gasteiger partial charge in [0.05, 0.1) is 97.8 Å². The van der Waals surface area contributed by atoms with Crippen molar-refractivity contribution in [1.82, 2.24) is 66.2 Å². The van der Waals surface area contributed by atoms with Gasteiger partial charge < -0.3 is 17.9 Å². The van der Waals surface area contributed by atoms with Crippen molar-refractivity contribution < 1.29 is 22.3 Å². The van der Waals surface area contributed by atoms with E-state index in [4.69, 9.17) is 4.74 Å². The van der Waals surface area contributed by atoms with Crippen LogP contribution >= 0.6 is 11.3 Å². The van der Waals surface area contributed by atoms with Crippen molar-refractivity contribution in [2.24, 2.45) is 0 Å². The lowest BCUT2D eigenvalue weighted by molar-refractivity contribution is -0.137. The van der Waals surface area contributed by atoms with E-state index in [2.05, 4.69) is 142 Å². The maximum Gasteiger partial charge on any atom is 0.416 e. The topological polar surface area (TPSA) is 130 Å². The smallest absolute Gasteiger partial charge is 0.416 e. The van der Waals surface area contributed by atoms with Gasteiger partial charge in [-0.3, -0.25) is 8.80 Å². The number of rotatable bonds is 8. The van der Waals surface area contributed by atoms with Crippen molar-refractivity contribution in [2.45, 2.75) is 31.9 Å².